The Morgan fingerprint density at radius 3 is 2.55 bits per heavy atom. The van der Waals surface area contributed by atoms with Crippen molar-refractivity contribution in [3.63, 3.8) is 0 Å². The fourth-order valence-electron chi connectivity index (χ4n) is 4.08. The van der Waals surface area contributed by atoms with Crippen LogP contribution in [-0.2, 0) is 13.1 Å². The fraction of sp³-hybridized carbons (Fsp3) is 0.409. The van der Waals surface area contributed by atoms with Crippen molar-refractivity contribution in [2.45, 2.75) is 26.9 Å². The second-order valence-electron chi connectivity index (χ2n) is 7.99. The third-order valence-electron chi connectivity index (χ3n) is 5.82. The van der Waals surface area contributed by atoms with Gasteiger partial charge >= 0.3 is 0 Å². The minimum Gasteiger partial charge on any atom is -0.454 e. The second kappa shape index (κ2) is 9.11. The van der Waals surface area contributed by atoms with Crippen LogP contribution in [0.25, 0.3) is 0 Å². The molecule has 3 aromatic rings. The van der Waals surface area contributed by atoms with Gasteiger partial charge in [-0.2, -0.15) is 0 Å². The molecule has 0 amide bonds. The third kappa shape index (κ3) is 4.60. The Balaban J connectivity index is 0.00000231. The summed E-state index contributed by atoms with van der Waals surface area (Å²) in [4.78, 5) is 4.90. The highest BCUT2D eigenvalue weighted by Gasteiger charge is 2.21. The van der Waals surface area contributed by atoms with E-state index in [0.717, 1.165) is 55.6 Å². The molecule has 0 bridgehead atoms. The summed E-state index contributed by atoms with van der Waals surface area (Å²) in [7, 11) is 0. The Hall–Kier alpha value is -2.84. The molecule has 9 heteroatoms. The summed E-state index contributed by atoms with van der Waals surface area (Å²) in [6.45, 7) is 9.98. The van der Waals surface area contributed by atoms with Gasteiger partial charge in [0, 0.05) is 31.9 Å². The van der Waals surface area contributed by atoms with E-state index in [-0.39, 0.29) is 19.2 Å². The molecule has 0 N–H and O–H groups in total. The summed E-state index contributed by atoms with van der Waals surface area (Å²) >= 11 is 0. The maximum Gasteiger partial charge on any atom is 0.231 e. The monoisotopic (exact) mass is 442 g/mol. The molecular formula is C22H27ClN6O2. The molecule has 0 unspecified atom stereocenters. The van der Waals surface area contributed by atoms with Crippen LogP contribution >= 0.6 is 12.4 Å². The number of fused-ring (bicyclic) bond motifs is 1. The number of hydrogen-bond donors (Lipinski definition) is 0. The van der Waals surface area contributed by atoms with Gasteiger partial charge in [0.1, 0.15) is 0 Å². The minimum atomic E-state index is 0. The molecule has 0 atom stereocenters. The smallest absolute Gasteiger partial charge is 0.231 e. The molecule has 3 heterocycles. The Morgan fingerprint density at radius 2 is 1.71 bits per heavy atom. The number of tetrazole rings is 1. The first-order valence-corrected chi connectivity index (χ1v) is 10.3. The summed E-state index contributed by atoms with van der Waals surface area (Å²) in [5.41, 5.74) is 5.08. The topological polar surface area (TPSA) is 68.5 Å². The van der Waals surface area contributed by atoms with Gasteiger partial charge in [0.15, 0.2) is 17.3 Å². The molecule has 0 spiro atoms. The highest BCUT2D eigenvalue weighted by Crippen LogP contribution is 2.32. The molecule has 164 valence electrons. The summed E-state index contributed by atoms with van der Waals surface area (Å²) in [5.74, 6) is 2.45. The van der Waals surface area contributed by atoms with Gasteiger partial charge in [-0.1, -0.05) is 18.2 Å². The van der Waals surface area contributed by atoms with Crippen molar-refractivity contribution in [3.05, 3.63) is 58.9 Å². The number of hydrogen-bond acceptors (Lipinski definition) is 7. The van der Waals surface area contributed by atoms with E-state index < -0.39 is 0 Å². The average molecular weight is 443 g/mol. The van der Waals surface area contributed by atoms with E-state index in [1.165, 1.54) is 16.8 Å². The SMILES string of the molecule is Cc1ccc(C)c(N2CCN(Cc3nnnn3Cc3ccc4c(c3)OCO4)CC2)c1.Cl. The van der Waals surface area contributed by atoms with Crippen LogP contribution in [0.2, 0.25) is 0 Å². The number of halogens is 1. The van der Waals surface area contributed by atoms with Crippen molar-refractivity contribution in [1.82, 2.24) is 25.1 Å². The molecular weight excluding hydrogens is 416 g/mol. The van der Waals surface area contributed by atoms with Gasteiger partial charge in [0.25, 0.3) is 0 Å². The Bertz CT molecular complexity index is 1050. The molecule has 2 aliphatic heterocycles. The van der Waals surface area contributed by atoms with Crippen LogP contribution in [0.4, 0.5) is 5.69 Å². The van der Waals surface area contributed by atoms with E-state index in [4.69, 9.17) is 9.47 Å². The van der Waals surface area contributed by atoms with Crippen molar-refractivity contribution in [1.29, 1.82) is 0 Å². The van der Waals surface area contributed by atoms with E-state index in [9.17, 15) is 0 Å². The second-order valence-corrected chi connectivity index (χ2v) is 7.99. The highest BCUT2D eigenvalue weighted by molar-refractivity contribution is 5.85. The zero-order chi connectivity index (χ0) is 20.5. The van der Waals surface area contributed by atoms with E-state index in [1.54, 1.807) is 0 Å². The highest BCUT2D eigenvalue weighted by atomic mass is 35.5. The van der Waals surface area contributed by atoms with Crippen LogP contribution in [-0.4, -0.2) is 58.1 Å². The molecule has 0 aliphatic carbocycles. The largest absolute Gasteiger partial charge is 0.454 e. The molecule has 5 rings (SSSR count). The molecule has 0 saturated carbocycles. The lowest BCUT2D eigenvalue weighted by Gasteiger charge is -2.36. The van der Waals surface area contributed by atoms with Crippen LogP contribution in [0.5, 0.6) is 11.5 Å². The summed E-state index contributed by atoms with van der Waals surface area (Å²) in [5, 5.41) is 12.4. The molecule has 2 aromatic carbocycles. The zero-order valence-electron chi connectivity index (χ0n) is 17.8. The average Bonchev–Trinajstić information content (AvgIpc) is 3.40. The lowest BCUT2D eigenvalue weighted by molar-refractivity contribution is 0.174. The van der Waals surface area contributed by atoms with Gasteiger partial charge in [-0.3, -0.25) is 4.90 Å². The predicted molar refractivity (Wildman–Crippen MR) is 120 cm³/mol. The Labute approximate surface area is 188 Å². The van der Waals surface area contributed by atoms with Crippen LogP contribution < -0.4 is 14.4 Å². The lowest BCUT2D eigenvalue weighted by Crippen LogP contribution is -2.46. The van der Waals surface area contributed by atoms with Crippen molar-refractivity contribution >= 4 is 18.1 Å². The molecule has 1 fully saturated rings. The normalized spacial score (nSPS) is 15.7. The maximum absolute atomic E-state index is 5.48. The number of piperazine rings is 1. The van der Waals surface area contributed by atoms with E-state index in [2.05, 4.69) is 57.4 Å². The zero-order valence-corrected chi connectivity index (χ0v) is 18.6. The van der Waals surface area contributed by atoms with Crippen molar-refractivity contribution in [2.24, 2.45) is 0 Å². The van der Waals surface area contributed by atoms with Gasteiger partial charge in [-0.25, -0.2) is 4.68 Å². The number of aromatic nitrogens is 4. The van der Waals surface area contributed by atoms with Crippen LogP contribution in [0.15, 0.2) is 36.4 Å². The molecule has 1 saturated heterocycles. The molecule has 0 radical (unpaired) electrons. The van der Waals surface area contributed by atoms with E-state index >= 15 is 0 Å². The first kappa shape index (κ1) is 21.4. The van der Waals surface area contributed by atoms with Crippen molar-refractivity contribution in [3.8, 4) is 11.5 Å². The first-order valence-electron chi connectivity index (χ1n) is 10.3. The van der Waals surface area contributed by atoms with Crippen molar-refractivity contribution < 1.29 is 9.47 Å². The van der Waals surface area contributed by atoms with E-state index in [1.807, 2.05) is 22.9 Å². The number of benzene rings is 2. The van der Waals surface area contributed by atoms with Gasteiger partial charge in [0.2, 0.25) is 6.79 Å². The van der Waals surface area contributed by atoms with Gasteiger partial charge < -0.3 is 14.4 Å². The Kier molecular flexibility index (Phi) is 6.29. The van der Waals surface area contributed by atoms with Crippen LogP contribution in [0.3, 0.4) is 0 Å². The van der Waals surface area contributed by atoms with Gasteiger partial charge in [-0.05, 0) is 59.2 Å². The predicted octanol–water partition coefficient (Wildman–Crippen LogP) is 2.81. The van der Waals surface area contributed by atoms with E-state index in [0.29, 0.717) is 6.54 Å². The first-order chi connectivity index (χ1) is 14.7. The molecule has 8 nitrogen and oxygen atoms in total. The lowest BCUT2D eigenvalue weighted by atomic mass is 10.1. The number of aryl methyl sites for hydroxylation is 2. The number of nitrogens with zero attached hydrogens (tertiary/aromatic N) is 6. The summed E-state index contributed by atoms with van der Waals surface area (Å²) in [6.07, 6.45) is 0. The fourth-order valence-corrected chi connectivity index (χ4v) is 4.08. The summed E-state index contributed by atoms with van der Waals surface area (Å²) in [6, 6.07) is 12.6. The van der Waals surface area contributed by atoms with Gasteiger partial charge in [0.05, 0.1) is 13.1 Å². The third-order valence-corrected chi connectivity index (χ3v) is 5.82. The minimum absolute atomic E-state index is 0. The van der Waals surface area contributed by atoms with Crippen LogP contribution in [0, 0.1) is 13.8 Å². The summed E-state index contributed by atoms with van der Waals surface area (Å²) < 4.78 is 12.7. The van der Waals surface area contributed by atoms with Gasteiger partial charge in [-0.15, -0.1) is 17.5 Å². The quantitative estimate of drug-likeness (QED) is 0.601. The molecule has 2 aliphatic rings. The number of ether oxygens (including phenoxy) is 2. The maximum atomic E-state index is 5.48. The Morgan fingerprint density at radius 1 is 0.903 bits per heavy atom. The standard InChI is InChI=1S/C22H26N6O2.ClH/c1-16-3-4-17(2)19(11-16)27-9-7-26(8-10-27)14-22-23-24-25-28(22)13-18-5-6-20-21(12-18)30-15-29-20;/h3-6,11-12H,7-10,13-15H2,1-2H3;1H. The van der Waals surface area contributed by atoms with Crippen molar-refractivity contribution in [2.75, 3.05) is 37.9 Å². The number of anilines is 1. The van der Waals surface area contributed by atoms with Crippen LogP contribution in [0.1, 0.15) is 22.5 Å². The molecule has 1 aromatic heterocycles. The number of rotatable bonds is 5. The molecule has 31 heavy (non-hydrogen) atoms.